The summed E-state index contributed by atoms with van der Waals surface area (Å²) in [5.41, 5.74) is 5.64. The molecule has 3 N–H and O–H groups in total. The van der Waals surface area contributed by atoms with Crippen molar-refractivity contribution in [3.05, 3.63) is 0 Å². The second-order valence-electron chi connectivity index (χ2n) is 3.73. The van der Waals surface area contributed by atoms with Crippen molar-refractivity contribution in [1.82, 2.24) is 0 Å². The van der Waals surface area contributed by atoms with Gasteiger partial charge in [-0.25, -0.2) is 4.39 Å². The number of carbonyl (C=O) groups is 1. The highest BCUT2D eigenvalue weighted by Crippen LogP contribution is 2.12. The van der Waals surface area contributed by atoms with Gasteiger partial charge in [0.15, 0.2) is 0 Å². The Morgan fingerprint density at radius 3 is 2.50 bits per heavy atom. The largest absolute Gasteiger partial charge is 0.481 e. The first-order valence-corrected chi connectivity index (χ1v) is 5.11. The lowest BCUT2D eigenvalue weighted by molar-refractivity contribution is -0.141. The molecule has 4 heteroatoms. The minimum atomic E-state index is -0.884. The Kier molecular flexibility index (Phi) is 6.45. The van der Waals surface area contributed by atoms with Crippen LogP contribution < -0.4 is 5.73 Å². The van der Waals surface area contributed by atoms with E-state index in [1.54, 1.807) is 13.8 Å². The van der Waals surface area contributed by atoms with Crippen LogP contribution in [0.15, 0.2) is 0 Å². The molecule has 0 rings (SSSR count). The molecule has 0 aliphatic heterocycles. The van der Waals surface area contributed by atoms with E-state index in [9.17, 15) is 9.18 Å². The van der Waals surface area contributed by atoms with Gasteiger partial charge in [0.05, 0.1) is 12.1 Å². The fourth-order valence-electron chi connectivity index (χ4n) is 1.21. The second kappa shape index (κ2) is 6.76. The van der Waals surface area contributed by atoms with Gasteiger partial charge in [0, 0.05) is 6.04 Å². The lowest BCUT2D eigenvalue weighted by Crippen LogP contribution is -2.33. The van der Waals surface area contributed by atoms with Gasteiger partial charge in [0.25, 0.3) is 0 Å². The number of carboxylic acid groups (broad SMARTS) is 1. The summed E-state index contributed by atoms with van der Waals surface area (Å²) in [6.45, 7) is 3.38. The highest BCUT2D eigenvalue weighted by molar-refractivity contribution is 5.70. The molecule has 0 saturated carbocycles. The SMILES string of the molecule is CCC(F)CCCC(N)[C@H](C)C(=O)O. The molecular weight excluding hydrogens is 185 g/mol. The van der Waals surface area contributed by atoms with Gasteiger partial charge in [0.1, 0.15) is 0 Å². The standard InChI is InChI=1S/C10H20FNO2/c1-3-8(11)5-4-6-9(12)7(2)10(13)14/h7-9H,3-6,12H2,1-2H3,(H,13,14)/t7-,8?,9?/m0/s1. The first kappa shape index (κ1) is 13.4. The summed E-state index contributed by atoms with van der Waals surface area (Å²) in [6, 6.07) is -0.364. The summed E-state index contributed by atoms with van der Waals surface area (Å²) in [6.07, 6.45) is 1.46. The average Bonchev–Trinajstić information content (AvgIpc) is 2.15. The van der Waals surface area contributed by atoms with Gasteiger partial charge in [-0.15, -0.1) is 0 Å². The van der Waals surface area contributed by atoms with Crippen LogP contribution in [0.4, 0.5) is 4.39 Å². The fourth-order valence-corrected chi connectivity index (χ4v) is 1.21. The maximum absolute atomic E-state index is 12.8. The van der Waals surface area contributed by atoms with Crippen LogP contribution in [0.5, 0.6) is 0 Å². The van der Waals surface area contributed by atoms with E-state index in [-0.39, 0.29) is 6.04 Å². The van der Waals surface area contributed by atoms with Gasteiger partial charge in [-0.3, -0.25) is 4.79 Å². The van der Waals surface area contributed by atoms with Crippen molar-refractivity contribution in [2.24, 2.45) is 11.7 Å². The van der Waals surface area contributed by atoms with E-state index in [2.05, 4.69) is 0 Å². The van der Waals surface area contributed by atoms with E-state index in [1.165, 1.54) is 0 Å². The van der Waals surface area contributed by atoms with Crippen molar-refractivity contribution in [3.63, 3.8) is 0 Å². The number of alkyl halides is 1. The molecule has 2 unspecified atom stereocenters. The highest BCUT2D eigenvalue weighted by atomic mass is 19.1. The molecule has 14 heavy (non-hydrogen) atoms. The van der Waals surface area contributed by atoms with E-state index in [0.29, 0.717) is 25.7 Å². The normalized spacial score (nSPS) is 17.4. The molecule has 84 valence electrons. The topological polar surface area (TPSA) is 63.3 Å². The van der Waals surface area contributed by atoms with Crippen molar-refractivity contribution < 1.29 is 14.3 Å². The number of hydrogen-bond acceptors (Lipinski definition) is 2. The third kappa shape index (κ3) is 5.17. The van der Waals surface area contributed by atoms with Gasteiger partial charge in [-0.05, 0) is 25.7 Å². The van der Waals surface area contributed by atoms with Crippen LogP contribution in [0.25, 0.3) is 0 Å². The third-order valence-electron chi connectivity index (χ3n) is 2.53. The van der Waals surface area contributed by atoms with Crippen molar-refractivity contribution >= 4 is 5.97 Å². The highest BCUT2D eigenvalue weighted by Gasteiger charge is 2.19. The number of nitrogens with two attached hydrogens (primary N) is 1. The molecule has 0 spiro atoms. The van der Waals surface area contributed by atoms with Crippen molar-refractivity contribution in [3.8, 4) is 0 Å². The monoisotopic (exact) mass is 205 g/mol. The zero-order chi connectivity index (χ0) is 11.1. The predicted molar refractivity (Wildman–Crippen MR) is 53.8 cm³/mol. The molecule has 3 atom stereocenters. The van der Waals surface area contributed by atoms with Gasteiger partial charge >= 0.3 is 5.97 Å². The first-order valence-electron chi connectivity index (χ1n) is 5.11. The van der Waals surface area contributed by atoms with Gasteiger partial charge < -0.3 is 10.8 Å². The molecular formula is C10H20FNO2. The minimum absolute atomic E-state index is 0.364. The Hall–Kier alpha value is -0.640. The Bertz CT molecular complexity index is 176. The molecule has 0 saturated heterocycles. The molecule has 0 heterocycles. The average molecular weight is 205 g/mol. The third-order valence-corrected chi connectivity index (χ3v) is 2.53. The van der Waals surface area contributed by atoms with Crippen LogP contribution >= 0.6 is 0 Å². The van der Waals surface area contributed by atoms with Crippen LogP contribution in [-0.2, 0) is 4.79 Å². The molecule has 0 aromatic rings. The van der Waals surface area contributed by atoms with Crippen molar-refractivity contribution in [1.29, 1.82) is 0 Å². The number of rotatable bonds is 7. The first-order chi connectivity index (χ1) is 6.49. The number of aliphatic carboxylic acids is 1. The molecule has 0 fully saturated rings. The summed E-state index contributed by atoms with van der Waals surface area (Å²) in [7, 11) is 0. The Labute approximate surface area is 84.5 Å². The maximum Gasteiger partial charge on any atom is 0.307 e. The molecule has 0 bridgehead atoms. The molecule has 0 aliphatic carbocycles. The van der Waals surface area contributed by atoms with Crippen LogP contribution in [0.3, 0.4) is 0 Å². The summed E-state index contributed by atoms with van der Waals surface area (Å²) in [5.74, 6) is -1.43. The van der Waals surface area contributed by atoms with E-state index in [1.807, 2.05) is 0 Å². The smallest absolute Gasteiger partial charge is 0.307 e. The second-order valence-corrected chi connectivity index (χ2v) is 3.73. The van der Waals surface area contributed by atoms with Crippen LogP contribution in [0.1, 0.15) is 39.5 Å². The van der Waals surface area contributed by atoms with Crippen LogP contribution in [-0.4, -0.2) is 23.3 Å². The number of halogens is 1. The van der Waals surface area contributed by atoms with Gasteiger partial charge in [0.2, 0.25) is 0 Å². The van der Waals surface area contributed by atoms with Crippen molar-refractivity contribution in [2.45, 2.75) is 51.7 Å². The summed E-state index contributed by atoms with van der Waals surface area (Å²) >= 11 is 0. The number of carboxylic acids is 1. The van der Waals surface area contributed by atoms with E-state index >= 15 is 0 Å². The zero-order valence-corrected chi connectivity index (χ0v) is 8.87. The predicted octanol–water partition coefficient (Wildman–Crippen LogP) is 1.95. The van der Waals surface area contributed by atoms with E-state index < -0.39 is 18.1 Å². The fraction of sp³-hybridized carbons (Fsp3) is 0.900. The Morgan fingerprint density at radius 2 is 2.07 bits per heavy atom. The van der Waals surface area contributed by atoms with E-state index in [0.717, 1.165) is 0 Å². The van der Waals surface area contributed by atoms with Crippen molar-refractivity contribution in [2.75, 3.05) is 0 Å². The molecule has 0 amide bonds. The summed E-state index contributed by atoms with van der Waals surface area (Å²) in [4.78, 5) is 10.5. The molecule has 0 aromatic carbocycles. The summed E-state index contributed by atoms with van der Waals surface area (Å²) < 4.78 is 12.8. The molecule has 3 nitrogen and oxygen atoms in total. The zero-order valence-electron chi connectivity index (χ0n) is 8.87. The molecule has 0 radical (unpaired) electrons. The Morgan fingerprint density at radius 1 is 1.50 bits per heavy atom. The van der Waals surface area contributed by atoms with Gasteiger partial charge in [-0.1, -0.05) is 13.8 Å². The van der Waals surface area contributed by atoms with E-state index in [4.69, 9.17) is 10.8 Å². The maximum atomic E-state index is 12.8. The van der Waals surface area contributed by atoms with Crippen LogP contribution in [0.2, 0.25) is 0 Å². The lowest BCUT2D eigenvalue weighted by Gasteiger charge is -2.15. The summed E-state index contributed by atoms with van der Waals surface area (Å²) in [5, 5.41) is 8.65. The van der Waals surface area contributed by atoms with Gasteiger partial charge in [-0.2, -0.15) is 0 Å². The Balaban J connectivity index is 3.63. The quantitative estimate of drug-likeness (QED) is 0.667. The lowest BCUT2D eigenvalue weighted by atomic mass is 9.97. The molecule has 0 aliphatic rings. The minimum Gasteiger partial charge on any atom is -0.481 e. The number of hydrogen-bond donors (Lipinski definition) is 2. The molecule has 0 aromatic heterocycles. The van der Waals surface area contributed by atoms with Crippen LogP contribution in [0, 0.1) is 5.92 Å².